The smallest absolute Gasteiger partial charge is 0.220 e. The number of carbonyl (C=O) groups is 1. The van der Waals surface area contributed by atoms with E-state index in [2.05, 4.69) is 39.5 Å². The highest BCUT2D eigenvalue weighted by molar-refractivity contribution is 5.76. The van der Waals surface area contributed by atoms with Crippen LogP contribution in [0.15, 0.2) is 48.7 Å². The zero-order valence-electron chi connectivity index (χ0n) is 14.5. The summed E-state index contributed by atoms with van der Waals surface area (Å²) in [4.78, 5) is 18.6. The minimum Gasteiger partial charge on any atom is -0.378 e. The minimum absolute atomic E-state index is 0.0782. The first-order valence-corrected chi connectivity index (χ1v) is 8.90. The van der Waals surface area contributed by atoms with Gasteiger partial charge in [-0.2, -0.15) is 0 Å². The van der Waals surface area contributed by atoms with Crippen molar-refractivity contribution in [3.05, 3.63) is 59.9 Å². The molecule has 2 heterocycles. The van der Waals surface area contributed by atoms with Gasteiger partial charge < -0.3 is 15.0 Å². The number of hydrogen-bond donors (Lipinski definition) is 1. The normalized spacial score (nSPS) is 14.3. The average Bonchev–Trinajstić information content (AvgIpc) is 2.68. The fourth-order valence-electron chi connectivity index (χ4n) is 3.05. The Morgan fingerprint density at radius 3 is 2.68 bits per heavy atom. The highest BCUT2D eigenvalue weighted by Gasteiger charge is 2.14. The van der Waals surface area contributed by atoms with Crippen molar-refractivity contribution in [3.63, 3.8) is 0 Å². The monoisotopic (exact) mass is 339 g/mol. The number of aryl methyl sites for hydroxylation is 1. The molecule has 1 fully saturated rings. The first-order valence-electron chi connectivity index (χ1n) is 8.90. The molecular formula is C20H25N3O2. The number of amides is 1. The molecule has 1 N–H and O–H groups in total. The Labute approximate surface area is 149 Å². The van der Waals surface area contributed by atoms with Gasteiger partial charge in [0.2, 0.25) is 5.91 Å². The molecule has 0 bridgehead atoms. The number of nitrogens with zero attached hydrogens (tertiary/aromatic N) is 2. The summed E-state index contributed by atoms with van der Waals surface area (Å²) in [6.45, 7) is 4.06. The van der Waals surface area contributed by atoms with Crippen LogP contribution in [0.25, 0.3) is 0 Å². The highest BCUT2D eigenvalue weighted by Crippen LogP contribution is 2.21. The number of benzene rings is 1. The van der Waals surface area contributed by atoms with Crippen LogP contribution in [0.5, 0.6) is 0 Å². The summed E-state index contributed by atoms with van der Waals surface area (Å²) < 4.78 is 5.43. The molecule has 1 aromatic heterocycles. The van der Waals surface area contributed by atoms with Crippen LogP contribution in [0.2, 0.25) is 0 Å². The van der Waals surface area contributed by atoms with Gasteiger partial charge in [-0.3, -0.25) is 9.78 Å². The maximum Gasteiger partial charge on any atom is 0.220 e. The average molecular weight is 339 g/mol. The van der Waals surface area contributed by atoms with Gasteiger partial charge in [-0.1, -0.05) is 24.3 Å². The van der Waals surface area contributed by atoms with E-state index in [0.717, 1.165) is 38.4 Å². The number of ether oxygens (including phenoxy) is 1. The number of hydrogen-bond acceptors (Lipinski definition) is 4. The van der Waals surface area contributed by atoms with E-state index >= 15 is 0 Å². The molecule has 5 nitrogen and oxygen atoms in total. The molecule has 1 aromatic carbocycles. The van der Waals surface area contributed by atoms with Crippen LogP contribution in [-0.4, -0.2) is 43.7 Å². The van der Waals surface area contributed by atoms with E-state index in [4.69, 9.17) is 4.74 Å². The number of para-hydroxylation sites is 1. The molecule has 0 aliphatic carbocycles. The predicted octanol–water partition coefficient (Wildman–Crippen LogP) is 2.21. The third-order valence-corrected chi connectivity index (χ3v) is 4.39. The van der Waals surface area contributed by atoms with E-state index in [9.17, 15) is 4.79 Å². The molecule has 1 aliphatic rings. The summed E-state index contributed by atoms with van der Waals surface area (Å²) in [5, 5.41) is 3.02. The van der Waals surface area contributed by atoms with Crippen molar-refractivity contribution in [1.29, 1.82) is 0 Å². The molecule has 0 saturated carbocycles. The van der Waals surface area contributed by atoms with Gasteiger partial charge in [0.25, 0.3) is 0 Å². The molecule has 0 spiro atoms. The maximum absolute atomic E-state index is 12.0. The molecule has 1 amide bonds. The molecule has 1 saturated heterocycles. The Hall–Kier alpha value is -2.40. The lowest BCUT2D eigenvalue weighted by atomic mass is 10.1. The molecule has 2 aromatic rings. The van der Waals surface area contributed by atoms with Gasteiger partial charge in [0.15, 0.2) is 0 Å². The summed E-state index contributed by atoms with van der Waals surface area (Å²) in [6.07, 6.45) is 3.75. The van der Waals surface area contributed by atoms with Crippen LogP contribution < -0.4 is 10.2 Å². The van der Waals surface area contributed by atoms with Crippen molar-refractivity contribution in [3.8, 4) is 0 Å². The second-order valence-corrected chi connectivity index (χ2v) is 6.15. The number of nitrogens with one attached hydrogen (secondary N) is 1. The van der Waals surface area contributed by atoms with E-state index < -0.39 is 0 Å². The van der Waals surface area contributed by atoms with Gasteiger partial charge in [-0.25, -0.2) is 0 Å². The molecule has 1 aliphatic heterocycles. The number of aromatic nitrogens is 1. The lowest BCUT2D eigenvalue weighted by Gasteiger charge is -2.30. The first kappa shape index (κ1) is 17.4. The minimum atomic E-state index is 0.0782. The summed E-state index contributed by atoms with van der Waals surface area (Å²) in [5.41, 5.74) is 3.48. The molecule has 5 heteroatoms. The summed E-state index contributed by atoms with van der Waals surface area (Å²) in [7, 11) is 0. The predicted molar refractivity (Wildman–Crippen MR) is 98.7 cm³/mol. The van der Waals surface area contributed by atoms with E-state index in [-0.39, 0.29) is 5.91 Å². The van der Waals surface area contributed by atoms with Crippen LogP contribution in [-0.2, 0) is 22.4 Å². The van der Waals surface area contributed by atoms with Gasteiger partial charge in [0, 0.05) is 43.6 Å². The van der Waals surface area contributed by atoms with Gasteiger partial charge >= 0.3 is 0 Å². The van der Waals surface area contributed by atoms with Crippen LogP contribution >= 0.6 is 0 Å². The third-order valence-electron chi connectivity index (χ3n) is 4.39. The second-order valence-electron chi connectivity index (χ2n) is 6.15. The first-order chi connectivity index (χ1) is 12.3. The number of pyridine rings is 1. The van der Waals surface area contributed by atoms with Crippen LogP contribution in [0.3, 0.4) is 0 Å². The van der Waals surface area contributed by atoms with Gasteiger partial charge in [-0.15, -0.1) is 0 Å². The largest absolute Gasteiger partial charge is 0.378 e. The number of rotatable bonds is 7. The Balaban J connectivity index is 1.46. The lowest BCUT2D eigenvalue weighted by Crippen LogP contribution is -2.37. The van der Waals surface area contributed by atoms with Crippen molar-refractivity contribution in [2.24, 2.45) is 0 Å². The van der Waals surface area contributed by atoms with Crippen molar-refractivity contribution in [1.82, 2.24) is 10.3 Å². The molecule has 0 atom stereocenters. The fraction of sp³-hybridized carbons (Fsp3) is 0.400. The fourth-order valence-corrected chi connectivity index (χ4v) is 3.05. The zero-order valence-corrected chi connectivity index (χ0v) is 14.5. The highest BCUT2D eigenvalue weighted by atomic mass is 16.5. The quantitative estimate of drug-likeness (QED) is 0.840. The Bertz CT molecular complexity index is 670. The summed E-state index contributed by atoms with van der Waals surface area (Å²) in [6, 6.07) is 14.2. The van der Waals surface area contributed by atoms with E-state index in [1.807, 2.05) is 18.2 Å². The molecule has 0 radical (unpaired) electrons. The second kappa shape index (κ2) is 9.18. The van der Waals surface area contributed by atoms with E-state index in [0.29, 0.717) is 19.4 Å². The number of carbonyl (C=O) groups excluding carboxylic acids is 1. The lowest BCUT2D eigenvalue weighted by molar-refractivity contribution is -0.121. The molecule has 0 unspecified atom stereocenters. The van der Waals surface area contributed by atoms with E-state index in [1.165, 1.54) is 11.3 Å². The van der Waals surface area contributed by atoms with Crippen LogP contribution in [0.4, 0.5) is 5.69 Å². The van der Waals surface area contributed by atoms with Crippen molar-refractivity contribution in [2.45, 2.75) is 19.3 Å². The third kappa shape index (κ3) is 5.29. The Kier molecular flexibility index (Phi) is 6.40. The van der Waals surface area contributed by atoms with Gasteiger partial charge in [-0.05, 0) is 36.6 Å². The SMILES string of the molecule is O=C(CCc1ccccn1)NCCc1ccccc1N1CCOCC1. The molecule has 3 rings (SSSR count). The molecular weight excluding hydrogens is 314 g/mol. The zero-order chi connectivity index (χ0) is 17.3. The molecule has 132 valence electrons. The summed E-state index contributed by atoms with van der Waals surface area (Å²) >= 11 is 0. The molecule has 25 heavy (non-hydrogen) atoms. The van der Waals surface area contributed by atoms with Crippen LogP contribution in [0.1, 0.15) is 17.7 Å². The van der Waals surface area contributed by atoms with Gasteiger partial charge in [0.05, 0.1) is 13.2 Å². The maximum atomic E-state index is 12.0. The van der Waals surface area contributed by atoms with Crippen molar-refractivity contribution >= 4 is 11.6 Å². The van der Waals surface area contributed by atoms with E-state index in [1.54, 1.807) is 6.20 Å². The number of anilines is 1. The standard InChI is InChI=1S/C20H25N3O2/c24-20(9-8-18-6-3-4-11-21-18)22-12-10-17-5-1-2-7-19(17)23-13-15-25-16-14-23/h1-7,11H,8-10,12-16H2,(H,22,24). The van der Waals surface area contributed by atoms with Crippen LogP contribution in [0, 0.1) is 0 Å². The van der Waals surface area contributed by atoms with Gasteiger partial charge in [0.1, 0.15) is 0 Å². The van der Waals surface area contributed by atoms with Crippen molar-refractivity contribution in [2.75, 3.05) is 37.7 Å². The Morgan fingerprint density at radius 1 is 1.08 bits per heavy atom. The number of morpholine rings is 1. The summed E-state index contributed by atoms with van der Waals surface area (Å²) in [5.74, 6) is 0.0782. The Morgan fingerprint density at radius 2 is 1.88 bits per heavy atom. The topological polar surface area (TPSA) is 54.5 Å². The van der Waals surface area contributed by atoms with Crippen molar-refractivity contribution < 1.29 is 9.53 Å².